The van der Waals surface area contributed by atoms with E-state index in [0.29, 0.717) is 11.3 Å². The number of hydrogen-bond acceptors (Lipinski definition) is 5. The fourth-order valence-corrected chi connectivity index (χ4v) is 3.31. The van der Waals surface area contributed by atoms with E-state index < -0.39 is 6.04 Å². The monoisotopic (exact) mass is 402 g/mol. The highest BCUT2D eigenvalue weighted by Crippen LogP contribution is 2.27. The maximum Gasteiger partial charge on any atom is 0.201 e. The minimum Gasteiger partial charge on any atom is -0.497 e. The van der Waals surface area contributed by atoms with E-state index >= 15 is 0 Å². The Kier molecular flexibility index (Phi) is 6.76. The van der Waals surface area contributed by atoms with Crippen molar-refractivity contribution in [2.45, 2.75) is 6.04 Å². The van der Waals surface area contributed by atoms with Gasteiger partial charge in [-0.3, -0.25) is 4.79 Å². The summed E-state index contributed by atoms with van der Waals surface area (Å²) in [5.74, 6) is 0.471. The smallest absolute Gasteiger partial charge is 0.201 e. The molecule has 0 heterocycles. The standard InChI is InChI=1S/C24H22N2O2S/c1-28-20-14-8-13-19(15-20)26-22(18-11-6-3-7-12-18)23(27)24(29)21(16-25)17-9-4-2-5-10-17/h2-16,22,26H,25H2,1H3. The molecule has 3 aromatic carbocycles. The summed E-state index contributed by atoms with van der Waals surface area (Å²) in [6.07, 6.45) is 1.39. The van der Waals surface area contributed by atoms with Crippen LogP contribution in [0.5, 0.6) is 5.75 Å². The number of anilines is 1. The number of ether oxygens (including phenoxy) is 1. The second-order valence-corrected chi connectivity index (χ2v) is 6.77. The molecular weight excluding hydrogens is 380 g/mol. The Labute approximate surface area is 176 Å². The molecule has 3 aromatic rings. The summed E-state index contributed by atoms with van der Waals surface area (Å²) < 4.78 is 5.29. The first kappa shape index (κ1) is 20.3. The van der Waals surface area contributed by atoms with E-state index in [0.717, 1.165) is 16.8 Å². The highest BCUT2D eigenvalue weighted by Gasteiger charge is 2.26. The number of nitrogens with two attached hydrogens (primary N) is 1. The van der Waals surface area contributed by atoms with E-state index in [9.17, 15) is 4.79 Å². The number of allylic oxidation sites excluding steroid dienone is 1. The lowest BCUT2D eigenvalue weighted by atomic mass is 9.94. The third-order valence-corrected chi connectivity index (χ3v) is 4.92. The van der Waals surface area contributed by atoms with Crippen molar-refractivity contribution in [1.82, 2.24) is 0 Å². The molecule has 0 aliphatic rings. The Hall–Kier alpha value is -3.44. The molecule has 0 saturated carbocycles. The largest absolute Gasteiger partial charge is 0.497 e. The van der Waals surface area contributed by atoms with Crippen LogP contribution in [0.25, 0.3) is 5.57 Å². The minimum absolute atomic E-state index is 0.183. The molecule has 0 aliphatic carbocycles. The van der Waals surface area contributed by atoms with E-state index in [-0.39, 0.29) is 10.6 Å². The summed E-state index contributed by atoms with van der Waals surface area (Å²) in [6.45, 7) is 0. The van der Waals surface area contributed by atoms with Gasteiger partial charge in [-0.15, -0.1) is 0 Å². The summed E-state index contributed by atoms with van der Waals surface area (Å²) in [5, 5.41) is 3.30. The number of nitrogens with one attached hydrogen (secondary N) is 1. The molecule has 0 spiro atoms. The Morgan fingerprint density at radius 2 is 1.66 bits per heavy atom. The van der Waals surface area contributed by atoms with Crippen molar-refractivity contribution in [3.8, 4) is 5.75 Å². The van der Waals surface area contributed by atoms with Crippen molar-refractivity contribution in [2.24, 2.45) is 5.73 Å². The van der Waals surface area contributed by atoms with E-state index in [4.69, 9.17) is 22.7 Å². The topological polar surface area (TPSA) is 64.3 Å². The average Bonchev–Trinajstić information content (AvgIpc) is 2.79. The third-order valence-electron chi connectivity index (χ3n) is 4.50. The molecule has 0 aromatic heterocycles. The number of carbonyl (C=O) groups is 1. The summed E-state index contributed by atoms with van der Waals surface area (Å²) in [4.78, 5) is 13.6. The molecule has 0 bridgehead atoms. The second-order valence-electron chi connectivity index (χ2n) is 6.36. The maximum absolute atomic E-state index is 13.4. The average molecular weight is 403 g/mol. The van der Waals surface area contributed by atoms with Crippen LogP contribution >= 0.6 is 12.2 Å². The van der Waals surface area contributed by atoms with Crippen molar-refractivity contribution in [1.29, 1.82) is 0 Å². The maximum atomic E-state index is 13.4. The molecule has 1 unspecified atom stereocenters. The van der Waals surface area contributed by atoms with Crippen LogP contribution in [-0.2, 0) is 4.79 Å². The predicted octanol–water partition coefficient (Wildman–Crippen LogP) is 4.79. The number of hydrogen-bond donors (Lipinski definition) is 2. The van der Waals surface area contributed by atoms with E-state index in [1.54, 1.807) is 7.11 Å². The van der Waals surface area contributed by atoms with Crippen LogP contribution < -0.4 is 15.8 Å². The molecular formula is C24H22N2O2S. The zero-order valence-corrected chi connectivity index (χ0v) is 16.9. The zero-order chi connectivity index (χ0) is 20.6. The van der Waals surface area contributed by atoms with Crippen LogP contribution in [0, 0.1) is 0 Å². The quantitative estimate of drug-likeness (QED) is 0.419. The van der Waals surface area contributed by atoms with Crippen LogP contribution in [0.4, 0.5) is 5.69 Å². The molecule has 146 valence electrons. The Balaban J connectivity index is 1.95. The summed E-state index contributed by atoms with van der Waals surface area (Å²) >= 11 is 5.56. The highest BCUT2D eigenvalue weighted by molar-refractivity contribution is 7.83. The van der Waals surface area contributed by atoms with Gasteiger partial charge in [0, 0.05) is 23.5 Å². The number of benzene rings is 3. The molecule has 29 heavy (non-hydrogen) atoms. The molecule has 0 aliphatic heterocycles. The number of ketones is 1. The van der Waals surface area contributed by atoms with Gasteiger partial charge in [0.25, 0.3) is 0 Å². The third kappa shape index (κ3) is 4.89. The molecule has 5 heteroatoms. The fourth-order valence-electron chi connectivity index (χ4n) is 3.01. The van der Waals surface area contributed by atoms with Gasteiger partial charge in [-0.05, 0) is 23.3 Å². The Bertz CT molecular complexity index is 1020. The number of rotatable bonds is 8. The van der Waals surface area contributed by atoms with E-state index in [1.165, 1.54) is 6.20 Å². The number of methoxy groups -OCH3 is 1. The fraction of sp³-hybridized carbons (Fsp3) is 0.0833. The molecule has 0 saturated heterocycles. The van der Waals surface area contributed by atoms with Crippen molar-refractivity contribution in [2.75, 3.05) is 12.4 Å². The SMILES string of the molecule is COc1cccc(NC(C(=O)C(=S)C(=CN)c2ccccc2)c2ccccc2)c1. The van der Waals surface area contributed by atoms with E-state index in [2.05, 4.69) is 5.32 Å². The first-order chi connectivity index (χ1) is 14.1. The Morgan fingerprint density at radius 1 is 1.00 bits per heavy atom. The van der Waals surface area contributed by atoms with Gasteiger partial charge in [-0.1, -0.05) is 78.9 Å². The van der Waals surface area contributed by atoms with Gasteiger partial charge in [0.15, 0.2) is 0 Å². The van der Waals surface area contributed by atoms with Crippen LogP contribution in [0.1, 0.15) is 17.2 Å². The van der Waals surface area contributed by atoms with Gasteiger partial charge in [0.1, 0.15) is 11.8 Å². The second kappa shape index (κ2) is 9.66. The van der Waals surface area contributed by atoms with Crippen LogP contribution in [0.3, 0.4) is 0 Å². The minimum atomic E-state index is -0.658. The van der Waals surface area contributed by atoms with Crippen LogP contribution in [0.2, 0.25) is 0 Å². The zero-order valence-electron chi connectivity index (χ0n) is 16.0. The van der Waals surface area contributed by atoms with E-state index in [1.807, 2.05) is 84.9 Å². The molecule has 3 rings (SSSR count). The van der Waals surface area contributed by atoms with Gasteiger partial charge >= 0.3 is 0 Å². The molecule has 3 N–H and O–H groups in total. The summed E-state index contributed by atoms with van der Waals surface area (Å²) in [7, 11) is 1.60. The van der Waals surface area contributed by atoms with Gasteiger partial charge in [0.05, 0.1) is 12.0 Å². The summed E-state index contributed by atoms with van der Waals surface area (Å²) in [5.41, 5.74) is 8.75. The van der Waals surface area contributed by atoms with Gasteiger partial charge in [-0.25, -0.2) is 0 Å². The lowest BCUT2D eigenvalue weighted by Gasteiger charge is -2.21. The first-order valence-electron chi connectivity index (χ1n) is 9.15. The molecule has 0 fully saturated rings. The predicted molar refractivity (Wildman–Crippen MR) is 122 cm³/mol. The van der Waals surface area contributed by atoms with Gasteiger partial charge in [0.2, 0.25) is 5.78 Å². The summed E-state index contributed by atoms with van der Waals surface area (Å²) in [6, 6.07) is 25.7. The number of carbonyl (C=O) groups excluding carboxylic acids is 1. The van der Waals surface area contributed by atoms with Crippen molar-refractivity contribution < 1.29 is 9.53 Å². The van der Waals surface area contributed by atoms with Crippen molar-refractivity contribution in [3.05, 3.63) is 102 Å². The molecule has 0 amide bonds. The molecule has 1 atom stereocenters. The van der Waals surface area contributed by atoms with Crippen molar-refractivity contribution >= 4 is 34.1 Å². The van der Waals surface area contributed by atoms with Crippen molar-refractivity contribution in [3.63, 3.8) is 0 Å². The van der Waals surface area contributed by atoms with Crippen LogP contribution in [0.15, 0.2) is 91.1 Å². The van der Waals surface area contributed by atoms with Gasteiger partial charge < -0.3 is 15.8 Å². The number of thiocarbonyl (C=S) groups is 1. The normalized spacial score (nSPS) is 12.1. The first-order valence-corrected chi connectivity index (χ1v) is 9.56. The lowest BCUT2D eigenvalue weighted by Crippen LogP contribution is -2.28. The Morgan fingerprint density at radius 3 is 2.28 bits per heavy atom. The van der Waals surface area contributed by atoms with Gasteiger partial charge in [-0.2, -0.15) is 0 Å². The molecule has 0 radical (unpaired) electrons. The number of Topliss-reactive ketones (excluding diaryl/α,β-unsaturated/α-hetero) is 1. The lowest BCUT2D eigenvalue weighted by molar-refractivity contribution is -0.113. The molecule has 4 nitrogen and oxygen atoms in total. The van der Waals surface area contributed by atoms with Crippen LogP contribution in [-0.4, -0.2) is 17.8 Å². The highest BCUT2D eigenvalue weighted by atomic mass is 32.1.